The zero-order valence-electron chi connectivity index (χ0n) is 15.8. The highest BCUT2D eigenvalue weighted by Gasteiger charge is 2.51. The summed E-state index contributed by atoms with van der Waals surface area (Å²) in [4.78, 5) is 12.8. The number of carbonyl (C=O) groups excluding carboxylic acids is 1. The number of benzene rings is 1. The fraction of sp³-hybridized carbons (Fsp3) is 0.650. The van der Waals surface area contributed by atoms with E-state index in [0.29, 0.717) is 6.54 Å². The summed E-state index contributed by atoms with van der Waals surface area (Å²) in [5, 5.41) is 13.4. The highest BCUT2D eigenvalue weighted by Crippen LogP contribution is 2.49. The normalized spacial score (nSPS) is 17.5. The van der Waals surface area contributed by atoms with E-state index in [9.17, 15) is 9.90 Å². The summed E-state index contributed by atoms with van der Waals surface area (Å²) in [5.74, 6) is 1.03. The van der Waals surface area contributed by atoms with Gasteiger partial charge in [-0.25, -0.2) is 0 Å². The average Bonchev–Trinajstić information content (AvgIpc) is 3.34. The molecular weight excluding hydrogens is 302 g/mol. The third-order valence-corrected chi connectivity index (χ3v) is 5.28. The lowest BCUT2D eigenvalue weighted by Crippen LogP contribution is -2.46. The van der Waals surface area contributed by atoms with Crippen LogP contribution >= 0.6 is 0 Å². The lowest BCUT2D eigenvalue weighted by atomic mass is 9.80. The number of hydrogen-bond acceptors (Lipinski definition) is 3. The SMILES string of the molecule is COc1cc(C2(C(=O)NCC(C)(C)C(O)C(C)C)CC2)ccc1C. The highest BCUT2D eigenvalue weighted by atomic mass is 16.5. The number of aliphatic hydroxyl groups excluding tert-OH is 1. The lowest BCUT2D eigenvalue weighted by molar-refractivity contribution is -0.124. The van der Waals surface area contributed by atoms with Gasteiger partial charge >= 0.3 is 0 Å². The second-order valence-corrected chi connectivity index (χ2v) is 8.13. The minimum atomic E-state index is -0.451. The fourth-order valence-electron chi connectivity index (χ4n) is 3.37. The molecular formula is C20H31NO3. The number of aliphatic hydroxyl groups is 1. The number of aryl methyl sites for hydroxylation is 1. The summed E-state index contributed by atoms with van der Waals surface area (Å²) < 4.78 is 5.40. The molecule has 0 spiro atoms. The van der Waals surface area contributed by atoms with Crippen LogP contribution in [0.1, 0.15) is 51.7 Å². The van der Waals surface area contributed by atoms with Crippen molar-refractivity contribution in [2.24, 2.45) is 11.3 Å². The molecule has 0 aliphatic heterocycles. The molecule has 0 saturated heterocycles. The van der Waals surface area contributed by atoms with E-state index in [1.54, 1.807) is 7.11 Å². The molecule has 0 aromatic heterocycles. The van der Waals surface area contributed by atoms with Gasteiger partial charge in [-0.05, 0) is 42.9 Å². The first-order valence-electron chi connectivity index (χ1n) is 8.75. The first-order valence-corrected chi connectivity index (χ1v) is 8.75. The topological polar surface area (TPSA) is 58.6 Å². The van der Waals surface area contributed by atoms with Crippen molar-refractivity contribution in [3.63, 3.8) is 0 Å². The summed E-state index contributed by atoms with van der Waals surface area (Å²) in [6.07, 6.45) is 1.27. The van der Waals surface area contributed by atoms with Crippen LogP contribution in [-0.2, 0) is 10.2 Å². The second kappa shape index (κ2) is 6.75. The maximum absolute atomic E-state index is 12.8. The van der Waals surface area contributed by atoms with E-state index in [4.69, 9.17) is 4.74 Å². The van der Waals surface area contributed by atoms with Gasteiger partial charge in [0.15, 0.2) is 0 Å². The molecule has 2 N–H and O–H groups in total. The zero-order chi connectivity index (χ0) is 18.1. The predicted octanol–water partition coefficient (Wildman–Crippen LogP) is 3.19. The highest BCUT2D eigenvalue weighted by molar-refractivity contribution is 5.91. The van der Waals surface area contributed by atoms with Gasteiger partial charge in [-0.1, -0.05) is 39.8 Å². The third kappa shape index (κ3) is 3.59. The molecule has 1 unspecified atom stereocenters. The largest absolute Gasteiger partial charge is 0.496 e. The summed E-state index contributed by atoms with van der Waals surface area (Å²) in [5.41, 5.74) is 1.30. The van der Waals surface area contributed by atoms with E-state index in [0.717, 1.165) is 29.7 Å². The van der Waals surface area contributed by atoms with Crippen molar-refractivity contribution in [2.75, 3.05) is 13.7 Å². The van der Waals surface area contributed by atoms with E-state index in [1.165, 1.54) is 0 Å². The van der Waals surface area contributed by atoms with Crippen LogP contribution in [0.25, 0.3) is 0 Å². The van der Waals surface area contributed by atoms with Crippen molar-refractivity contribution in [1.29, 1.82) is 0 Å². The first-order chi connectivity index (χ1) is 11.1. The van der Waals surface area contributed by atoms with Crippen LogP contribution in [0.15, 0.2) is 18.2 Å². The molecule has 24 heavy (non-hydrogen) atoms. The summed E-state index contributed by atoms with van der Waals surface area (Å²) in [6, 6.07) is 6.02. The monoisotopic (exact) mass is 333 g/mol. The van der Waals surface area contributed by atoms with Gasteiger partial charge < -0.3 is 15.2 Å². The molecule has 0 bridgehead atoms. The Morgan fingerprint density at radius 2 is 2.00 bits per heavy atom. The molecule has 2 rings (SSSR count). The molecule has 4 heteroatoms. The molecule has 1 fully saturated rings. The number of rotatable bonds is 7. The standard InChI is InChI=1S/C20H31NO3/c1-13(2)17(22)19(4,5)12-21-18(23)20(9-10-20)15-8-7-14(3)16(11-15)24-6/h7-8,11,13,17,22H,9-10,12H2,1-6H3,(H,21,23). The molecule has 1 aliphatic rings. The maximum atomic E-state index is 12.8. The molecule has 1 aliphatic carbocycles. The minimum Gasteiger partial charge on any atom is -0.496 e. The van der Waals surface area contributed by atoms with Crippen LogP contribution in [0.2, 0.25) is 0 Å². The van der Waals surface area contributed by atoms with E-state index in [-0.39, 0.29) is 17.2 Å². The van der Waals surface area contributed by atoms with Gasteiger partial charge in [0, 0.05) is 12.0 Å². The number of amides is 1. The molecule has 1 aromatic rings. The lowest BCUT2D eigenvalue weighted by Gasteiger charge is -2.34. The molecule has 0 heterocycles. The first kappa shape index (κ1) is 18.8. The fourth-order valence-corrected chi connectivity index (χ4v) is 3.37. The van der Waals surface area contributed by atoms with Gasteiger partial charge in [-0.2, -0.15) is 0 Å². The number of hydrogen-bond donors (Lipinski definition) is 2. The van der Waals surface area contributed by atoms with Crippen LogP contribution in [0, 0.1) is 18.3 Å². The van der Waals surface area contributed by atoms with Gasteiger partial charge in [0.25, 0.3) is 0 Å². The van der Waals surface area contributed by atoms with Crippen LogP contribution in [0.4, 0.5) is 0 Å². The molecule has 4 nitrogen and oxygen atoms in total. The van der Waals surface area contributed by atoms with E-state index in [1.807, 2.05) is 52.8 Å². The molecule has 1 saturated carbocycles. The van der Waals surface area contributed by atoms with Gasteiger partial charge in [0.05, 0.1) is 18.6 Å². The molecule has 1 amide bonds. The third-order valence-electron chi connectivity index (χ3n) is 5.28. The number of carbonyl (C=O) groups is 1. The maximum Gasteiger partial charge on any atom is 0.230 e. The van der Waals surface area contributed by atoms with E-state index >= 15 is 0 Å². The smallest absolute Gasteiger partial charge is 0.230 e. The van der Waals surface area contributed by atoms with Gasteiger partial charge in [0.1, 0.15) is 5.75 Å². The van der Waals surface area contributed by atoms with Crippen molar-refractivity contribution < 1.29 is 14.6 Å². The zero-order valence-corrected chi connectivity index (χ0v) is 15.8. The Balaban J connectivity index is 2.10. The van der Waals surface area contributed by atoms with E-state index in [2.05, 4.69) is 5.32 Å². The van der Waals surface area contributed by atoms with Crippen molar-refractivity contribution in [1.82, 2.24) is 5.32 Å². The predicted molar refractivity (Wildman–Crippen MR) is 96.3 cm³/mol. The Morgan fingerprint density at radius 3 is 2.50 bits per heavy atom. The Labute approximate surface area is 145 Å². The summed E-state index contributed by atoms with van der Waals surface area (Å²) in [6.45, 7) is 10.4. The van der Waals surface area contributed by atoms with Gasteiger partial charge in [0.2, 0.25) is 5.91 Å². The quantitative estimate of drug-likeness (QED) is 0.805. The van der Waals surface area contributed by atoms with Crippen molar-refractivity contribution in [2.45, 2.75) is 59.0 Å². The Kier molecular flexibility index (Phi) is 5.28. The van der Waals surface area contributed by atoms with Gasteiger partial charge in [-0.3, -0.25) is 4.79 Å². The van der Waals surface area contributed by atoms with Crippen molar-refractivity contribution in [3.05, 3.63) is 29.3 Å². The molecule has 1 aromatic carbocycles. The van der Waals surface area contributed by atoms with Crippen LogP contribution in [0.5, 0.6) is 5.75 Å². The van der Waals surface area contributed by atoms with Gasteiger partial charge in [-0.15, -0.1) is 0 Å². The summed E-state index contributed by atoms with van der Waals surface area (Å²) >= 11 is 0. The Bertz CT molecular complexity index is 603. The summed E-state index contributed by atoms with van der Waals surface area (Å²) in [7, 11) is 1.65. The average molecular weight is 333 g/mol. The van der Waals surface area contributed by atoms with Crippen LogP contribution in [-0.4, -0.2) is 30.8 Å². The number of methoxy groups -OCH3 is 1. The van der Waals surface area contributed by atoms with Crippen molar-refractivity contribution in [3.8, 4) is 5.75 Å². The van der Waals surface area contributed by atoms with Crippen molar-refractivity contribution >= 4 is 5.91 Å². The number of nitrogens with one attached hydrogen (secondary N) is 1. The Morgan fingerprint density at radius 1 is 1.38 bits per heavy atom. The Hall–Kier alpha value is -1.55. The molecule has 134 valence electrons. The van der Waals surface area contributed by atoms with Crippen LogP contribution < -0.4 is 10.1 Å². The number of ether oxygens (including phenoxy) is 1. The van der Waals surface area contributed by atoms with Crippen LogP contribution in [0.3, 0.4) is 0 Å². The minimum absolute atomic E-state index is 0.0532. The van der Waals surface area contributed by atoms with E-state index < -0.39 is 11.5 Å². The molecule has 1 atom stereocenters. The second-order valence-electron chi connectivity index (χ2n) is 8.13. The molecule has 0 radical (unpaired) electrons.